The van der Waals surface area contributed by atoms with E-state index in [4.69, 9.17) is 4.74 Å². The Hall–Kier alpha value is -2.30. The van der Waals surface area contributed by atoms with Gasteiger partial charge in [-0.2, -0.15) is 5.10 Å². The third kappa shape index (κ3) is 2.99. The fraction of sp³-hybridized carbons (Fsp3) is 0.333. The number of ether oxygens (including phenoxy) is 1. The normalized spacial score (nSPS) is 11.9. The summed E-state index contributed by atoms with van der Waals surface area (Å²) in [6, 6.07) is 11.0. The number of likely N-dealkylation sites (N-methyl/N-ethyl adjacent to an activating group) is 1. The molecule has 0 N–H and O–H groups in total. The summed E-state index contributed by atoms with van der Waals surface area (Å²) in [5, 5.41) is 4.33. The first-order valence-electron chi connectivity index (χ1n) is 6.57. The van der Waals surface area contributed by atoms with Crippen molar-refractivity contribution in [2.75, 3.05) is 18.6 Å². The maximum absolute atomic E-state index is 12.3. The number of aromatic nitrogens is 2. The predicted octanol–water partition coefficient (Wildman–Crippen LogP) is 2.16. The molecule has 1 aromatic heterocycles. The van der Waals surface area contributed by atoms with Crippen LogP contribution in [-0.4, -0.2) is 29.4 Å². The first kappa shape index (κ1) is 14.1. The minimum Gasteiger partial charge on any atom is -0.464 e. The van der Waals surface area contributed by atoms with Crippen LogP contribution in [0, 0.1) is 0 Å². The van der Waals surface area contributed by atoms with E-state index >= 15 is 0 Å². The minimum atomic E-state index is -0.494. The summed E-state index contributed by atoms with van der Waals surface area (Å²) in [6.45, 7) is 2.17. The van der Waals surface area contributed by atoms with Gasteiger partial charge in [-0.15, -0.1) is 0 Å². The molecule has 20 heavy (non-hydrogen) atoms. The average molecular weight is 273 g/mol. The fourth-order valence-electron chi connectivity index (χ4n) is 2.10. The van der Waals surface area contributed by atoms with Crippen molar-refractivity contribution in [3.05, 3.63) is 48.2 Å². The smallest absolute Gasteiger partial charge is 0.333 e. The lowest BCUT2D eigenvalue weighted by atomic mass is 10.1. The molecule has 0 radical (unpaired) electrons. The van der Waals surface area contributed by atoms with Crippen LogP contribution in [0.2, 0.25) is 0 Å². The van der Waals surface area contributed by atoms with Gasteiger partial charge in [0.25, 0.3) is 0 Å². The van der Waals surface area contributed by atoms with E-state index in [0.29, 0.717) is 6.61 Å². The highest BCUT2D eigenvalue weighted by Gasteiger charge is 2.27. The lowest BCUT2D eigenvalue weighted by molar-refractivity contribution is -0.144. The van der Waals surface area contributed by atoms with Crippen molar-refractivity contribution in [2.45, 2.75) is 13.0 Å². The van der Waals surface area contributed by atoms with Crippen LogP contribution in [0.5, 0.6) is 0 Å². The summed E-state index contributed by atoms with van der Waals surface area (Å²) in [4.78, 5) is 14.1. The molecule has 1 aromatic carbocycles. The van der Waals surface area contributed by atoms with Gasteiger partial charge >= 0.3 is 5.97 Å². The van der Waals surface area contributed by atoms with Gasteiger partial charge in [-0.3, -0.25) is 4.68 Å². The van der Waals surface area contributed by atoms with Crippen LogP contribution in [0.1, 0.15) is 18.5 Å². The maximum atomic E-state index is 12.3. The van der Waals surface area contributed by atoms with Crippen molar-refractivity contribution in [1.82, 2.24) is 9.78 Å². The second-order valence-electron chi connectivity index (χ2n) is 4.52. The molecule has 1 atom stereocenters. The van der Waals surface area contributed by atoms with Crippen LogP contribution < -0.4 is 4.90 Å². The van der Waals surface area contributed by atoms with E-state index in [0.717, 1.165) is 11.4 Å². The van der Waals surface area contributed by atoms with Crippen molar-refractivity contribution in [2.24, 2.45) is 7.05 Å². The summed E-state index contributed by atoms with van der Waals surface area (Å²) < 4.78 is 6.90. The maximum Gasteiger partial charge on any atom is 0.333 e. The van der Waals surface area contributed by atoms with Gasteiger partial charge in [0, 0.05) is 26.4 Å². The van der Waals surface area contributed by atoms with Gasteiger partial charge in [0.15, 0.2) is 11.9 Å². The molecule has 0 aliphatic carbocycles. The summed E-state index contributed by atoms with van der Waals surface area (Å²) in [5.41, 5.74) is 0.888. The number of hydrogen-bond acceptors (Lipinski definition) is 4. The van der Waals surface area contributed by atoms with Crippen LogP contribution in [0.15, 0.2) is 42.6 Å². The van der Waals surface area contributed by atoms with Crippen LogP contribution in [-0.2, 0) is 16.6 Å². The Labute approximate surface area is 118 Å². The van der Waals surface area contributed by atoms with Crippen molar-refractivity contribution in [3.63, 3.8) is 0 Å². The predicted molar refractivity (Wildman–Crippen MR) is 77.4 cm³/mol. The number of esters is 1. The molecule has 0 aliphatic heterocycles. The molecule has 2 aromatic rings. The number of benzene rings is 1. The Morgan fingerprint density at radius 2 is 2.05 bits per heavy atom. The summed E-state index contributed by atoms with van der Waals surface area (Å²) in [6.07, 6.45) is 1.85. The van der Waals surface area contributed by atoms with E-state index < -0.39 is 6.04 Å². The van der Waals surface area contributed by atoms with Gasteiger partial charge in [-0.05, 0) is 12.5 Å². The molecule has 0 spiro atoms. The molecular weight excluding hydrogens is 254 g/mol. The zero-order valence-corrected chi connectivity index (χ0v) is 12.0. The monoisotopic (exact) mass is 273 g/mol. The number of carbonyl (C=O) groups excluding carboxylic acids is 1. The molecule has 0 aliphatic rings. The highest BCUT2D eigenvalue weighted by molar-refractivity contribution is 5.81. The largest absolute Gasteiger partial charge is 0.464 e. The molecule has 1 heterocycles. The van der Waals surface area contributed by atoms with Gasteiger partial charge in [-0.25, -0.2) is 4.79 Å². The van der Waals surface area contributed by atoms with E-state index in [9.17, 15) is 4.79 Å². The van der Waals surface area contributed by atoms with Crippen LogP contribution in [0.25, 0.3) is 0 Å². The second kappa shape index (κ2) is 6.23. The second-order valence-corrected chi connectivity index (χ2v) is 4.52. The van der Waals surface area contributed by atoms with Gasteiger partial charge < -0.3 is 9.64 Å². The number of rotatable bonds is 5. The van der Waals surface area contributed by atoms with E-state index in [-0.39, 0.29) is 5.97 Å². The quantitative estimate of drug-likeness (QED) is 0.783. The summed E-state index contributed by atoms with van der Waals surface area (Å²) in [7, 11) is 3.69. The highest BCUT2D eigenvalue weighted by Crippen LogP contribution is 2.25. The Bertz CT molecular complexity index is 566. The van der Waals surface area contributed by atoms with Crippen molar-refractivity contribution >= 4 is 11.8 Å². The molecule has 5 nitrogen and oxygen atoms in total. The Morgan fingerprint density at radius 1 is 1.35 bits per heavy atom. The van der Waals surface area contributed by atoms with Gasteiger partial charge in [0.1, 0.15) is 0 Å². The van der Waals surface area contributed by atoms with Crippen molar-refractivity contribution in [3.8, 4) is 0 Å². The SMILES string of the molecule is CCOC(=O)C(c1ccccc1)N(C)c1ccn(C)n1. The third-order valence-corrected chi connectivity index (χ3v) is 3.07. The lowest BCUT2D eigenvalue weighted by Crippen LogP contribution is -2.32. The summed E-state index contributed by atoms with van der Waals surface area (Å²) >= 11 is 0. The zero-order valence-electron chi connectivity index (χ0n) is 12.0. The fourth-order valence-corrected chi connectivity index (χ4v) is 2.10. The van der Waals surface area contributed by atoms with Crippen molar-refractivity contribution < 1.29 is 9.53 Å². The Kier molecular flexibility index (Phi) is 4.40. The lowest BCUT2D eigenvalue weighted by Gasteiger charge is -2.26. The Balaban J connectivity index is 2.33. The standard InChI is InChI=1S/C15H19N3O2/c1-4-20-15(19)14(12-8-6-5-7-9-12)18(3)13-10-11-17(2)16-13/h5-11,14H,4H2,1-3H3. The van der Waals surface area contributed by atoms with Crippen LogP contribution in [0.4, 0.5) is 5.82 Å². The molecule has 0 amide bonds. The van der Waals surface area contributed by atoms with E-state index in [2.05, 4.69) is 5.10 Å². The number of hydrogen-bond donors (Lipinski definition) is 0. The first-order valence-corrected chi connectivity index (χ1v) is 6.57. The zero-order chi connectivity index (χ0) is 14.5. The van der Waals surface area contributed by atoms with Crippen LogP contribution >= 0.6 is 0 Å². The molecule has 0 saturated carbocycles. The van der Waals surface area contributed by atoms with E-state index in [1.165, 1.54) is 0 Å². The minimum absolute atomic E-state index is 0.271. The number of nitrogens with zero attached hydrogens (tertiary/aromatic N) is 3. The highest BCUT2D eigenvalue weighted by atomic mass is 16.5. The van der Waals surface area contributed by atoms with E-state index in [1.54, 1.807) is 11.6 Å². The number of carbonyl (C=O) groups is 1. The van der Waals surface area contributed by atoms with Gasteiger partial charge in [0.2, 0.25) is 0 Å². The van der Waals surface area contributed by atoms with Gasteiger partial charge in [0.05, 0.1) is 6.61 Å². The molecular formula is C15H19N3O2. The molecule has 2 rings (SSSR count). The number of aryl methyl sites for hydroxylation is 1. The van der Waals surface area contributed by atoms with E-state index in [1.807, 2.05) is 61.6 Å². The average Bonchev–Trinajstić information content (AvgIpc) is 2.87. The molecule has 5 heteroatoms. The molecule has 106 valence electrons. The molecule has 1 unspecified atom stereocenters. The first-order chi connectivity index (χ1) is 9.63. The summed E-state index contributed by atoms with van der Waals surface area (Å²) in [5.74, 6) is 0.459. The Morgan fingerprint density at radius 3 is 2.60 bits per heavy atom. The molecule has 0 bridgehead atoms. The van der Waals surface area contributed by atoms with Crippen LogP contribution in [0.3, 0.4) is 0 Å². The third-order valence-electron chi connectivity index (χ3n) is 3.07. The number of anilines is 1. The molecule has 0 fully saturated rings. The van der Waals surface area contributed by atoms with Gasteiger partial charge in [-0.1, -0.05) is 30.3 Å². The topological polar surface area (TPSA) is 47.4 Å². The van der Waals surface area contributed by atoms with Crippen molar-refractivity contribution in [1.29, 1.82) is 0 Å². The molecule has 0 saturated heterocycles.